The number of aromatic nitrogens is 1. The lowest BCUT2D eigenvalue weighted by atomic mass is 9.83. The van der Waals surface area contributed by atoms with Crippen molar-refractivity contribution in [2.24, 2.45) is 5.16 Å². The molecule has 0 spiro atoms. The van der Waals surface area contributed by atoms with Gasteiger partial charge >= 0.3 is 5.97 Å². The predicted molar refractivity (Wildman–Crippen MR) is 108 cm³/mol. The molecular formula is C23H22N2O3. The Morgan fingerprint density at radius 1 is 1.04 bits per heavy atom. The highest BCUT2D eigenvalue weighted by atomic mass is 16.4. The van der Waals surface area contributed by atoms with E-state index in [9.17, 15) is 15.1 Å². The van der Waals surface area contributed by atoms with Gasteiger partial charge in [0.1, 0.15) is 0 Å². The molecule has 0 fully saturated rings. The Kier molecular flexibility index (Phi) is 5.84. The number of rotatable bonds is 6. The summed E-state index contributed by atoms with van der Waals surface area (Å²) >= 11 is 0. The van der Waals surface area contributed by atoms with Crippen LogP contribution in [0.3, 0.4) is 0 Å². The third-order valence-corrected chi connectivity index (χ3v) is 4.87. The first-order chi connectivity index (χ1) is 13.5. The maximum Gasteiger partial charge on any atom is 0.335 e. The van der Waals surface area contributed by atoms with Gasteiger partial charge < -0.3 is 10.3 Å². The Bertz CT molecular complexity index is 1010. The Morgan fingerprint density at radius 3 is 2.36 bits per heavy atom. The molecule has 1 heterocycles. The van der Waals surface area contributed by atoms with Gasteiger partial charge in [-0.3, -0.25) is 4.98 Å². The molecule has 0 saturated carbocycles. The molecule has 3 rings (SSSR count). The van der Waals surface area contributed by atoms with Crippen molar-refractivity contribution >= 4 is 11.7 Å². The predicted octanol–water partition coefficient (Wildman–Crippen LogP) is 4.80. The number of benzene rings is 2. The third kappa shape index (κ3) is 4.26. The van der Waals surface area contributed by atoms with E-state index in [-0.39, 0.29) is 11.5 Å². The van der Waals surface area contributed by atoms with Crippen LogP contribution >= 0.6 is 0 Å². The minimum atomic E-state index is -0.955. The summed E-state index contributed by atoms with van der Waals surface area (Å²) in [4.78, 5) is 15.4. The summed E-state index contributed by atoms with van der Waals surface area (Å²) in [5.41, 5.74) is 5.66. The molecule has 5 heteroatoms. The second kappa shape index (κ2) is 8.48. The average Bonchev–Trinajstić information content (AvgIpc) is 2.70. The number of nitrogens with zero attached hydrogens (tertiary/aromatic N) is 2. The lowest BCUT2D eigenvalue weighted by Gasteiger charge is -2.21. The van der Waals surface area contributed by atoms with E-state index in [1.54, 1.807) is 18.3 Å². The fraction of sp³-hybridized carbons (Fsp3) is 0.174. The van der Waals surface area contributed by atoms with Gasteiger partial charge in [-0.2, -0.15) is 0 Å². The van der Waals surface area contributed by atoms with Gasteiger partial charge in [-0.05, 0) is 54.8 Å². The van der Waals surface area contributed by atoms with Crippen LogP contribution in [0.2, 0.25) is 0 Å². The third-order valence-electron chi connectivity index (χ3n) is 4.87. The van der Waals surface area contributed by atoms with Crippen molar-refractivity contribution in [3.63, 3.8) is 0 Å². The number of carboxylic acid groups (broad SMARTS) is 1. The number of pyridine rings is 1. The first-order valence-corrected chi connectivity index (χ1v) is 9.02. The minimum absolute atomic E-state index is 0.0802. The molecule has 2 N–H and O–H groups in total. The van der Waals surface area contributed by atoms with Crippen LogP contribution < -0.4 is 0 Å². The summed E-state index contributed by atoms with van der Waals surface area (Å²) in [6.07, 6.45) is 2.16. The van der Waals surface area contributed by atoms with Crippen LogP contribution in [0.1, 0.15) is 50.6 Å². The highest BCUT2D eigenvalue weighted by molar-refractivity contribution is 6.01. The van der Waals surface area contributed by atoms with Crippen LogP contribution in [-0.2, 0) is 0 Å². The molecule has 0 aliphatic carbocycles. The minimum Gasteiger partial charge on any atom is -0.478 e. The molecule has 0 aliphatic rings. The molecule has 28 heavy (non-hydrogen) atoms. The lowest BCUT2D eigenvalue weighted by Crippen LogP contribution is -2.12. The Hall–Kier alpha value is -3.47. The quantitative estimate of drug-likeness (QED) is 0.369. The normalized spacial score (nSPS) is 12.6. The Morgan fingerprint density at radius 2 is 1.75 bits per heavy atom. The molecule has 0 saturated heterocycles. The van der Waals surface area contributed by atoms with Crippen LogP contribution in [0.15, 0.2) is 72.0 Å². The van der Waals surface area contributed by atoms with Crippen molar-refractivity contribution in [2.75, 3.05) is 0 Å². The average molecular weight is 374 g/mol. The summed E-state index contributed by atoms with van der Waals surface area (Å²) in [7, 11) is 0. The first-order valence-electron chi connectivity index (χ1n) is 9.02. The second-order valence-electron chi connectivity index (χ2n) is 6.77. The van der Waals surface area contributed by atoms with Crippen molar-refractivity contribution < 1.29 is 15.1 Å². The maximum absolute atomic E-state index is 11.2. The van der Waals surface area contributed by atoms with Crippen LogP contribution in [-0.4, -0.2) is 27.0 Å². The fourth-order valence-corrected chi connectivity index (χ4v) is 3.38. The van der Waals surface area contributed by atoms with Gasteiger partial charge in [0.25, 0.3) is 0 Å². The zero-order valence-electron chi connectivity index (χ0n) is 15.8. The number of oxime groups is 1. The van der Waals surface area contributed by atoms with Gasteiger partial charge in [0, 0.05) is 29.8 Å². The number of hydrogen-bond acceptors (Lipinski definition) is 4. The van der Waals surface area contributed by atoms with Gasteiger partial charge in [0.15, 0.2) is 0 Å². The smallest absolute Gasteiger partial charge is 0.335 e. The van der Waals surface area contributed by atoms with Crippen molar-refractivity contribution in [2.45, 2.75) is 26.2 Å². The van der Waals surface area contributed by atoms with Crippen LogP contribution in [0.25, 0.3) is 0 Å². The topological polar surface area (TPSA) is 82.8 Å². The lowest BCUT2D eigenvalue weighted by molar-refractivity contribution is 0.0697. The van der Waals surface area contributed by atoms with E-state index in [2.05, 4.69) is 16.2 Å². The van der Waals surface area contributed by atoms with Gasteiger partial charge in [-0.1, -0.05) is 41.6 Å². The molecule has 2 aromatic carbocycles. The molecular weight excluding hydrogens is 352 g/mol. The largest absolute Gasteiger partial charge is 0.478 e. The highest BCUT2D eigenvalue weighted by Gasteiger charge is 2.20. The Labute approximate surface area is 164 Å². The van der Waals surface area contributed by atoms with Crippen LogP contribution in [0.5, 0.6) is 0 Å². The molecule has 0 aliphatic heterocycles. The summed E-state index contributed by atoms with van der Waals surface area (Å²) in [5.74, 6) is -1.03. The van der Waals surface area contributed by atoms with E-state index >= 15 is 0 Å². The molecule has 1 unspecified atom stereocenters. The molecule has 1 atom stereocenters. The van der Waals surface area contributed by atoms with E-state index in [1.165, 1.54) is 0 Å². The maximum atomic E-state index is 11.2. The van der Waals surface area contributed by atoms with Crippen molar-refractivity contribution in [3.8, 4) is 0 Å². The molecule has 0 radical (unpaired) electrons. The van der Waals surface area contributed by atoms with Gasteiger partial charge in [-0.25, -0.2) is 4.79 Å². The summed E-state index contributed by atoms with van der Waals surface area (Å²) in [6.45, 7) is 3.93. The zero-order chi connectivity index (χ0) is 20.1. The van der Waals surface area contributed by atoms with Crippen molar-refractivity contribution in [1.82, 2.24) is 4.98 Å². The number of aromatic carboxylic acids is 1. The number of carbonyl (C=O) groups is 1. The van der Waals surface area contributed by atoms with E-state index in [4.69, 9.17) is 0 Å². The van der Waals surface area contributed by atoms with Gasteiger partial charge in [-0.15, -0.1) is 0 Å². The van der Waals surface area contributed by atoms with E-state index in [0.29, 0.717) is 12.1 Å². The molecule has 3 aromatic rings. The number of carboxylic acids is 1. The van der Waals surface area contributed by atoms with E-state index in [1.807, 2.05) is 56.3 Å². The van der Waals surface area contributed by atoms with Crippen LogP contribution in [0, 0.1) is 13.8 Å². The summed E-state index contributed by atoms with van der Waals surface area (Å²) < 4.78 is 0. The van der Waals surface area contributed by atoms with E-state index < -0.39 is 5.97 Å². The fourth-order valence-electron chi connectivity index (χ4n) is 3.38. The number of hydrogen-bond donors (Lipinski definition) is 2. The van der Waals surface area contributed by atoms with Crippen molar-refractivity contribution in [1.29, 1.82) is 0 Å². The monoisotopic (exact) mass is 374 g/mol. The summed E-state index contributed by atoms with van der Waals surface area (Å²) in [6, 6.07) is 18.6. The van der Waals surface area contributed by atoms with E-state index in [0.717, 1.165) is 27.9 Å². The molecule has 5 nitrogen and oxygen atoms in total. The standard InChI is InChI=1S/C23H22N2O3/c1-15-5-3-4-6-20(15)21(17-7-9-18(10-8-17)23(26)27)14-22(25-28)19-11-12-24-16(2)13-19/h3-13,21,28H,14H2,1-2H3,(H,26,27). The zero-order valence-corrected chi connectivity index (χ0v) is 15.8. The molecule has 1 aromatic heterocycles. The molecule has 0 amide bonds. The second-order valence-corrected chi connectivity index (χ2v) is 6.77. The first kappa shape index (κ1) is 19.3. The molecule has 142 valence electrons. The highest BCUT2D eigenvalue weighted by Crippen LogP contribution is 2.32. The summed E-state index contributed by atoms with van der Waals surface area (Å²) in [5, 5.41) is 22.4. The number of aryl methyl sites for hydroxylation is 2. The molecule has 0 bridgehead atoms. The van der Waals surface area contributed by atoms with Gasteiger partial charge in [0.2, 0.25) is 0 Å². The Balaban J connectivity index is 2.03. The SMILES string of the molecule is Cc1cc(C(CC(c2ccc(C(=O)O)cc2)c2ccccc2C)=NO)ccn1. The van der Waals surface area contributed by atoms with Crippen molar-refractivity contribution in [3.05, 3.63) is 100 Å². The van der Waals surface area contributed by atoms with Gasteiger partial charge in [0.05, 0.1) is 11.3 Å². The van der Waals surface area contributed by atoms with Crippen LogP contribution in [0.4, 0.5) is 0 Å².